The third-order valence-corrected chi connectivity index (χ3v) is 5.26. The maximum Gasteiger partial charge on any atom is 0.0277 e. The van der Waals surface area contributed by atoms with Gasteiger partial charge >= 0.3 is 0 Å². The molecule has 2 aliphatic rings. The van der Waals surface area contributed by atoms with Crippen LogP contribution in [0.3, 0.4) is 0 Å². The van der Waals surface area contributed by atoms with Gasteiger partial charge in [-0.15, -0.1) is 0 Å². The first-order chi connectivity index (χ1) is 8.44. The van der Waals surface area contributed by atoms with Crippen LogP contribution in [0.2, 0.25) is 0 Å². The van der Waals surface area contributed by atoms with E-state index in [1.54, 1.807) is 0 Å². The van der Waals surface area contributed by atoms with Gasteiger partial charge in [0.05, 0.1) is 0 Å². The molecule has 1 saturated heterocycles. The molecule has 0 amide bonds. The fraction of sp³-hybridized carbons (Fsp3) is 1.00. The summed E-state index contributed by atoms with van der Waals surface area (Å²) < 4.78 is 0. The summed E-state index contributed by atoms with van der Waals surface area (Å²) in [6.07, 6.45) is 4.10. The average molecular weight is 253 g/mol. The zero-order valence-electron chi connectivity index (χ0n) is 12.9. The topological polar surface area (TPSA) is 18.5 Å². The summed E-state index contributed by atoms with van der Waals surface area (Å²) in [4.78, 5) is 5.25. The van der Waals surface area contributed by atoms with Crippen LogP contribution in [0.25, 0.3) is 0 Å². The van der Waals surface area contributed by atoms with Crippen molar-refractivity contribution in [2.75, 3.05) is 33.7 Å². The molecule has 1 aliphatic heterocycles. The summed E-state index contributed by atoms with van der Waals surface area (Å²) in [5.41, 5.74) is 0.317. The number of rotatable bonds is 2. The third-order valence-electron chi connectivity index (χ3n) is 5.26. The number of piperazine rings is 1. The summed E-state index contributed by atoms with van der Waals surface area (Å²) in [5, 5.41) is 3.56. The minimum Gasteiger partial charge on any atom is -0.315 e. The van der Waals surface area contributed by atoms with Gasteiger partial charge in [0.25, 0.3) is 0 Å². The largest absolute Gasteiger partial charge is 0.315 e. The Hall–Kier alpha value is -0.120. The van der Waals surface area contributed by atoms with E-state index in [4.69, 9.17) is 0 Å². The highest BCUT2D eigenvalue weighted by molar-refractivity contribution is 4.96. The third kappa shape index (κ3) is 2.89. The number of hydrogen-bond acceptors (Lipinski definition) is 3. The molecular weight excluding hydrogens is 222 g/mol. The van der Waals surface area contributed by atoms with E-state index in [2.05, 4.69) is 50.0 Å². The molecule has 3 nitrogen and oxygen atoms in total. The Bertz CT molecular complexity index is 277. The molecule has 0 aromatic heterocycles. The summed E-state index contributed by atoms with van der Waals surface area (Å²) in [6, 6.07) is 1.44. The second-order valence-electron chi connectivity index (χ2n) is 7.09. The van der Waals surface area contributed by atoms with E-state index < -0.39 is 0 Å². The number of nitrogens with one attached hydrogen (secondary N) is 1. The molecule has 0 bridgehead atoms. The van der Waals surface area contributed by atoms with Gasteiger partial charge < -0.3 is 5.32 Å². The average Bonchev–Trinajstić information content (AvgIpc) is 2.32. The minimum atomic E-state index is 0.317. The highest BCUT2D eigenvalue weighted by atomic mass is 15.3. The summed E-state index contributed by atoms with van der Waals surface area (Å²) in [6.45, 7) is 10.8. The van der Waals surface area contributed by atoms with Crippen molar-refractivity contribution in [1.82, 2.24) is 15.1 Å². The van der Waals surface area contributed by atoms with Gasteiger partial charge in [-0.05, 0) is 53.1 Å². The molecule has 18 heavy (non-hydrogen) atoms. The number of nitrogens with zero attached hydrogens (tertiary/aromatic N) is 2. The van der Waals surface area contributed by atoms with Gasteiger partial charge in [-0.1, -0.05) is 6.92 Å². The zero-order valence-corrected chi connectivity index (χ0v) is 12.9. The molecule has 0 radical (unpaired) electrons. The van der Waals surface area contributed by atoms with Crippen molar-refractivity contribution in [3.63, 3.8) is 0 Å². The standard InChI is InChI=1S/C15H31N3/c1-12-6-7-13(16-4)14(10-12)18-9-8-17(5)15(2,3)11-18/h12-14,16H,6-11H2,1-5H3. The van der Waals surface area contributed by atoms with Crippen LogP contribution in [-0.4, -0.2) is 61.2 Å². The first-order valence-corrected chi connectivity index (χ1v) is 7.56. The lowest BCUT2D eigenvalue weighted by Crippen LogP contribution is -2.63. The Kier molecular flexibility index (Phi) is 4.35. The molecule has 0 aromatic rings. The Morgan fingerprint density at radius 2 is 1.89 bits per heavy atom. The molecule has 0 aromatic carbocycles. The predicted molar refractivity (Wildman–Crippen MR) is 77.9 cm³/mol. The maximum absolute atomic E-state index is 3.56. The van der Waals surface area contributed by atoms with E-state index in [1.165, 1.54) is 38.9 Å². The fourth-order valence-corrected chi connectivity index (χ4v) is 3.65. The Morgan fingerprint density at radius 1 is 1.17 bits per heavy atom. The number of likely N-dealkylation sites (N-methyl/N-ethyl adjacent to an activating group) is 2. The summed E-state index contributed by atoms with van der Waals surface area (Å²) >= 11 is 0. The second kappa shape index (κ2) is 5.48. The molecule has 1 saturated carbocycles. The first kappa shape index (κ1) is 14.3. The van der Waals surface area contributed by atoms with Gasteiger partial charge in [0.1, 0.15) is 0 Å². The Balaban J connectivity index is 2.05. The smallest absolute Gasteiger partial charge is 0.0277 e. The summed E-state index contributed by atoms with van der Waals surface area (Å²) in [7, 11) is 4.39. The molecule has 2 fully saturated rings. The Labute approximate surface area is 113 Å². The maximum atomic E-state index is 3.56. The lowest BCUT2D eigenvalue weighted by atomic mass is 9.81. The molecule has 1 N–H and O–H groups in total. The van der Waals surface area contributed by atoms with Crippen LogP contribution in [0.5, 0.6) is 0 Å². The van der Waals surface area contributed by atoms with Gasteiger partial charge in [0.2, 0.25) is 0 Å². The van der Waals surface area contributed by atoms with E-state index in [-0.39, 0.29) is 0 Å². The van der Waals surface area contributed by atoms with Crippen LogP contribution >= 0.6 is 0 Å². The van der Waals surface area contributed by atoms with Crippen LogP contribution in [0.1, 0.15) is 40.0 Å². The minimum absolute atomic E-state index is 0.317. The molecule has 106 valence electrons. The van der Waals surface area contributed by atoms with E-state index in [0.717, 1.165) is 12.0 Å². The fourth-order valence-electron chi connectivity index (χ4n) is 3.65. The predicted octanol–water partition coefficient (Wildman–Crippen LogP) is 1.79. The highest BCUT2D eigenvalue weighted by Gasteiger charge is 2.38. The lowest BCUT2D eigenvalue weighted by Gasteiger charge is -2.51. The molecule has 1 heterocycles. The van der Waals surface area contributed by atoms with Crippen molar-refractivity contribution in [3.05, 3.63) is 0 Å². The molecule has 2 rings (SSSR count). The van der Waals surface area contributed by atoms with E-state index in [1.807, 2.05) is 0 Å². The van der Waals surface area contributed by atoms with Crippen LogP contribution in [0.15, 0.2) is 0 Å². The van der Waals surface area contributed by atoms with Crippen molar-refractivity contribution in [3.8, 4) is 0 Å². The van der Waals surface area contributed by atoms with Crippen molar-refractivity contribution in [1.29, 1.82) is 0 Å². The zero-order chi connectivity index (χ0) is 13.3. The van der Waals surface area contributed by atoms with Crippen molar-refractivity contribution in [2.45, 2.75) is 57.7 Å². The van der Waals surface area contributed by atoms with Crippen LogP contribution < -0.4 is 5.32 Å². The van der Waals surface area contributed by atoms with E-state index >= 15 is 0 Å². The SMILES string of the molecule is CNC1CCC(C)CC1N1CCN(C)C(C)(C)C1. The lowest BCUT2D eigenvalue weighted by molar-refractivity contribution is -0.00646. The first-order valence-electron chi connectivity index (χ1n) is 7.56. The molecule has 1 aliphatic carbocycles. The van der Waals surface area contributed by atoms with E-state index in [9.17, 15) is 0 Å². The van der Waals surface area contributed by atoms with Crippen LogP contribution in [-0.2, 0) is 0 Å². The van der Waals surface area contributed by atoms with Gasteiger partial charge in [0.15, 0.2) is 0 Å². The Morgan fingerprint density at radius 3 is 2.50 bits per heavy atom. The molecular formula is C15H31N3. The molecule has 0 spiro atoms. The van der Waals surface area contributed by atoms with Crippen LogP contribution in [0.4, 0.5) is 0 Å². The van der Waals surface area contributed by atoms with Gasteiger partial charge in [-0.3, -0.25) is 9.80 Å². The van der Waals surface area contributed by atoms with Crippen molar-refractivity contribution < 1.29 is 0 Å². The second-order valence-corrected chi connectivity index (χ2v) is 7.09. The molecule has 3 atom stereocenters. The van der Waals surface area contributed by atoms with Crippen molar-refractivity contribution in [2.24, 2.45) is 5.92 Å². The van der Waals surface area contributed by atoms with E-state index in [0.29, 0.717) is 11.6 Å². The molecule has 3 heteroatoms. The normalized spacial score (nSPS) is 38.8. The summed E-state index contributed by atoms with van der Waals surface area (Å²) in [5.74, 6) is 0.891. The van der Waals surface area contributed by atoms with Gasteiger partial charge in [-0.25, -0.2) is 0 Å². The highest BCUT2D eigenvalue weighted by Crippen LogP contribution is 2.30. The van der Waals surface area contributed by atoms with Gasteiger partial charge in [-0.2, -0.15) is 0 Å². The van der Waals surface area contributed by atoms with Crippen molar-refractivity contribution >= 4 is 0 Å². The quantitative estimate of drug-likeness (QED) is 0.809. The van der Waals surface area contributed by atoms with Crippen LogP contribution in [0, 0.1) is 5.92 Å². The molecule has 3 unspecified atom stereocenters. The number of hydrogen-bond donors (Lipinski definition) is 1. The monoisotopic (exact) mass is 253 g/mol. The van der Waals surface area contributed by atoms with Gasteiger partial charge in [0, 0.05) is 37.3 Å².